The number of pyridine rings is 1. The summed E-state index contributed by atoms with van der Waals surface area (Å²) >= 11 is 0. The van der Waals surface area contributed by atoms with E-state index in [-0.39, 0.29) is 6.54 Å². The van der Waals surface area contributed by atoms with E-state index in [4.69, 9.17) is 0 Å². The molecule has 1 aromatic heterocycles. The normalized spacial score (nSPS) is 11.2. The van der Waals surface area contributed by atoms with Crippen molar-refractivity contribution in [1.29, 1.82) is 0 Å². The van der Waals surface area contributed by atoms with Crippen LogP contribution in [0.4, 0.5) is 0 Å². The minimum absolute atomic E-state index is 0.103. The molecule has 112 valence electrons. The number of carbonyl (C=O) groups is 1. The quantitative estimate of drug-likeness (QED) is 0.515. The molecule has 0 fully saturated rings. The van der Waals surface area contributed by atoms with Gasteiger partial charge in [-0.3, -0.25) is 10.0 Å². The monoisotopic (exact) mass is 296 g/mol. The Morgan fingerprint density at radius 2 is 2.00 bits per heavy atom. The zero-order chi connectivity index (χ0) is 15.9. The van der Waals surface area contributed by atoms with Crippen LogP contribution < -0.4 is 0 Å². The van der Waals surface area contributed by atoms with Crippen molar-refractivity contribution >= 4 is 5.91 Å². The van der Waals surface area contributed by atoms with Crippen molar-refractivity contribution in [3.05, 3.63) is 65.5 Å². The smallest absolute Gasteiger partial charge is 0.243 e. The largest absolute Gasteiger partial charge is 0.376 e. The van der Waals surface area contributed by atoms with Crippen molar-refractivity contribution in [2.24, 2.45) is 0 Å². The second-order valence-electron chi connectivity index (χ2n) is 4.71. The Balaban J connectivity index is 2.04. The molecule has 0 aliphatic heterocycles. The van der Waals surface area contributed by atoms with Crippen molar-refractivity contribution in [3.63, 3.8) is 0 Å². The maximum Gasteiger partial charge on any atom is 0.243 e. The lowest BCUT2D eigenvalue weighted by molar-refractivity contribution is -0.165. The van der Waals surface area contributed by atoms with Gasteiger partial charge in [-0.2, -0.15) is 0 Å². The molecule has 1 amide bonds. The van der Waals surface area contributed by atoms with Crippen molar-refractivity contribution in [2.75, 3.05) is 0 Å². The van der Waals surface area contributed by atoms with Gasteiger partial charge in [0, 0.05) is 13.1 Å². The van der Waals surface area contributed by atoms with Gasteiger partial charge < -0.3 is 5.11 Å². The Bertz CT molecular complexity index is 687. The van der Waals surface area contributed by atoms with E-state index in [1.807, 2.05) is 6.07 Å². The molecule has 0 aliphatic carbocycles. The third-order valence-corrected chi connectivity index (χ3v) is 2.99. The number of aliphatic hydroxyl groups is 1. The highest BCUT2D eigenvalue weighted by atomic mass is 16.5. The van der Waals surface area contributed by atoms with Gasteiger partial charge in [0.15, 0.2) is 0 Å². The molecule has 2 aromatic rings. The van der Waals surface area contributed by atoms with Crippen LogP contribution in [-0.2, 0) is 11.3 Å². The lowest BCUT2D eigenvalue weighted by Crippen LogP contribution is -2.23. The standard InChI is InChI=1S/C17H16N2O3/c1-13(20)19(22)12-14-5-7-15(8-6-14)17(21)10-9-16-4-2-3-11-18-16/h2-8,11,17,21-22H,12H2,1H3. The van der Waals surface area contributed by atoms with Crippen LogP contribution in [0.1, 0.15) is 29.8 Å². The number of rotatable bonds is 3. The number of benzene rings is 1. The van der Waals surface area contributed by atoms with Crippen molar-refractivity contribution < 1.29 is 15.1 Å². The molecule has 0 spiro atoms. The van der Waals surface area contributed by atoms with Crippen LogP contribution in [0.5, 0.6) is 0 Å². The van der Waals surface area contributed by atoms with E-state index < -0.39 is 12.0 Å². The molecule has 1 heterocycles. The van der Waals surface area contributed by atoms with E-state index in [0.717, 1.165) is 5.56 Å². The molecule has 5 nitrogen and oxygen atoms in total. The molecule has 0 saturated carbocycles. The molecule has 22 heavy (non-hydrogen) atoms. The third-order valence-electron chi connectivity index (χ3n) is 2.99. The maximum absolute atomic E-state index is 11.0. The summed E-state index contributed by atoms with van der Waals surface area (Å²) in [6.07, 6.45) is 0.718. The van der Waals surface area contributed by atoms with Gasteiger partial charge in [0.1, 0.15) is 11.8 Å². The van der Waals surface area contributed by atoms with Crippen LogP contribution in [0.3, 0.4) is 0 Å². The van der Waals surface area contributed by atoms with Crippen molar-refractivity contribution in [1.82, 2.24) is 10.0 Å². The fourth-order valence-corrected chi connectivity index (χ4v) is 1.75. The number of aliphatic hydroxyl groups excluding tert-OH is 1. The SMILES string of the molecule is CC(=O)N(O)Cc1ccc(C(O)C#Cc2ccccn2)cc1. The number of hydrogen-bond donors (Lipinski definition) is 2. The topological polar surface area (TPSA) is 73.7 Å². The van der Waals surface area contributed by atoms with E-state index in [9.17, 15) is 15.1 Å². The fourth-order valence-electron chi connectivity index (χ4n) is 1.75. The first-order valence-corrected chi connectivity index (χ1v) is 6.72. The number of carbonyl (C=O) groups excluding carboxylic acids is 1. The molecule has 0 bridgehead atoms. The first-order chi connectivity index (χ1) is 10.6. The summed E-state index contributed by atoms with van der Waals surface area (Å²) in [6, 6.07) is 12.3. The zero-order valence-electron chi connectivity index (χ0n) is 12.1. The molecule has 0 saturated heterocycles. The van der Waals surface area contributed by atoms with Gasteiger partial charge in [0.25, 0.3) is 0 Å². The van der Waals surface area contributed by atoms with Crippen LogP contribution in [-0.4, -0.2) is 26.3 Å². The average Bonchev–Trinajstić information content (AvgIpc) is 2.54. The highest BCUT2D eigenvalue weighted by molar-refractivity contribution is 5.71. The molecule has 2 N–H and O–H groups in total. The van der Waals surface area contributed by atoms with Crippen molar-refractivity contribution in [3.8, 4) is 11.8 Å². The second-order valence-corrected chi connectivity index (χ2v) is 4.71. The van der Waals surface area contributed by atoms with E-state index in [2.05, 4.69) is 16.8 Å². The molecular weight excluding hydrogens is 280 g/mol. The second kappa shape index (κ2) is 7.36. The number of nitrogens with zero attached hydrogens (tertiary/aromatic N) is 2. The Kier molecular flexibility index (Phi) is 5.26. The van der Waals surface area contributed by atoms with Crippen LogP contribution >= 0.6 is 0 Å². The highest BCUT2D eigenvalue weighted by Gasteiger charge is 2.07. The molecule has 1 unspecified atom stereocenters. The minimum atomic E-state index is -0.922. The van der Waals surface area contributed by atoms with E-state index in [1.54, 1.807) is 42.6 Å². The first-order valence-electron chi connectivity index (χ1n) is 6.72. The van der Waals surface area contributed by atoms with Gasteiger partial charge in [-0.15, -0.1) is 0 Å². The predicted molar refractivity (Wildman–Crippen MR) is 80.5 cm³/mol. The zero-order valence-corrected chi connectivity index (χ0v) is 12.1. The van der Waals surface area contributed by atoms with E-state index in [0.29, 0.717) is 16.3 Å². The number of hydroxylamine groups is 2. The van der Waals surface area contributed by atoms with E-state index >= 15 is 0 Å². The predicted octanol–water partition coefficient (Wildman–Crippen LogP) is 1.90. The molecule has 1 atom stereocenters. The third kappa shape index (κ3) is 4.42. The molecule has 5 heteroatoms. The van der Waals surface area contributed by atoms with Gasteiger partial charge in [0.2, 0.25) is 5.91 Å². The van der Waals surface area contributed by atoms with Gasteiger partial charge in [-0.25, -0.2) is 10.0 Å². The Morgan fingerprint density at radius 3 is 2.59 bits per heavy atom. The molecule has 1 aromatic carbocycles. The average molecular weight is 296 g/mol. The first kappa shape index (κ1) is 15.7. The van der Waals surface area contributed by atoms with Crippen LogP contribution in [0.25, 0.3) is 0 Å². The summed E-state index contributed by atoms with van der Waals surface area (Å²) in [5.74, 6) is 5.10. The van der Waals surface area contributed by atoms with Crippen LogP contribution in [0.15, 0.2) is 48.7 Å². The molecular formula is C17H16N2O3. The summed E-state index contributed by atoms with van der Waals surface area (Å²) in [5.41, 5.74) is 1.99. The minimum Gasteiger partial charge on any atom is -0.376 e. The number of amides is 1. The Hall–Kier alpha value is -2.68. The molecule has 0 aliphatic rings. The Morgan fingerprint density at radius 1 is 1.27 bits per heavy atom. The summed E-state index contributed by atoms with van der Waals surface area (Å²) in [5, 5.41) is 20.0. The molecule has 2 rings (SSSR count). The lowest BCUT2D eigenvalue weighted by atomic mass is 10.1. The fraction of sp³-hybridized carbons (Fsp3) is 0.176. The van der Waals surface area contributed by atoms with E-state index in [1.165, 1.54) is 6.92 Å². The van der Waals surface area contributed by atoms with Gasteiger partial charge in [0.05, 0.1) is 6.54 Å². The Labute approximate surface area is 128 Å². The summed E-state index contributed by atoms with van der Waals surface area (Å²) in [6.45, 7) is 1.39. The maximum atomic E-state index is 11.0. The van der Waals surface area contributed by atoms with Gasteiger partial charge in [-0.05, 0) is 29.2 Å². The van der Waals surface area contributed by atoms with Gasteiger partial charge in [-0.1, -0.05) is 36.3 Å². The number of aromatic nitrogens is 1. The highest BCUT2D eigenvalue weighted by Crippen LogP contribution is 2.14. The van der Waals surface area contributed by atoms with Crippen LogP contribution in [0.2, 0.25) is 0 Å². The summed E-state index contributed by atoms with van der Waals surface area (Å²) < 4.78 is 0. The summed E-state index contributed by atoms with van der Waals surface area (Å²) in [4.78, 5) is 15.0. The summed E-state index contributed by atoms with van der Waals surface area (Å²) in [7, 11) is 0. The lowest BCUT2D eigenvalue weighted by Gasteiger charge is -2.13. The van der Waals surface area contributed by atoms with Crippen molar-refractivity contribution in [2.45, 2.75) is 19.6 Å². The number of hydrogen-bond acceptors (Lipinski definition) is 4. The van der Waals surface area contributed by atoms with Gasteiger partial charge >= 0.3 is 0 Å². The van der Waals surface area contributed by atoms with Crippen LogP contribution in [0, 0.1) is 11.8 Å². The molecule has 0 radical (unpaired) electrons.